The number of carbonyl (C=O) groups excluding carboxylic acids is 1. The Balaban J connectivity index is 2.69. The van der Waals surface area contributed by atoms with Crippen LogP contribution in [0, 0.1) is 0 Å². The van der Waals surface area contributed by atoms with E-state index in [1.165, 1.54) is 6.07 Å². The molecule has 2 N–H and O–H groups in total. The van der Waals surface area contributed by atoms with Gasteiger partial charge in [0.15, 0.2) is 0 Å². The molecule has 0 aliphatic heterocycles. The van der Waals surface area contributed by atoms with E-state index in [4.69, 9.17) is 11.6 Å². The fraction of sp³-hybridized carbons (Fsp3) is 0.500. The van der Waals surface area contributed by atoms with Gasteiger partial charge in [0.25, 0.3) is 5.91 Å². The summed E-state index contributed by atoms with van der Waals surface area (Å²) in [5.74, 6) is 0.259. The quantitative estimate of drug-likeness (QED) is 0.539. The number of rotatable bonds is 9. The molecule has 0 saturated carbocycles. The average Bonchev–Trinajstić information content (AvgIpc) is 2.44. The van der Waals surface area contributed by atoms with Crippen molar-refractivity contribution in [3.8, 4) is 0 Å². The summed E-state index contributed by atoms with van der Waals surface area (Å²) in [7, 11) is -3.41. The van der Waals surface area contributed by atoms with Crippen LogP contribution in [0.25, 0.3) is 0 Å². The molecule has 0 radical (unpaired) electrons. The summed E-state index contributed by atoms with van der Waals surface area (Å²) in [6, 6.07) is 6.45. The van der Waals surface area contributed by atoms with E-state index in [1.54, 1.807) is 18.2 Å². The number of hydrogen-bond acceptors (Lipinski definition) is 3. The van der Waals surface area contributed by atoms with Gasteiger partial charge >= 0.3 is 0 Å². The molecule has 21 heavy (non-hydrogen) atoms. The number of amides is 1. The number of anilines is 1. The Hall–Kier alpha value is -1.27. The molecule has 0 atom stereocenters. The summed E-state index contributed by atoms with van der Waals surface area (Å²) < 4.78 is 26.2. The number of alkyl halides is 1. The van der Waals surface area contributed by atoms with Crippen molar-refractivity contribution < 1.29 is 13.2 Å². The van der Waals surface area contributed by atoms with E-state index in [-0.39, 0.29) is 11.7 Å². The molecule has 0 bridgehead atoms. The summed E-state index contributed by atoms with van der Waals surface area (Å²) >= 11 is 5.53. The Labute approximate surface area is 131 Å². The smallest absolute Gasteiger partial charge is 0.251 e. The number of nitrogens with one attached hydrogen (secondary N) is 2. The lowest BCUT2D eigenvalue weighted by molar-refractivity contribution is 0.0953. The summed E-state index contributed by atoms with van der Waals surface area (Å²) in [6.07, 6.45) is 2.01. The van der Waals surface area contributed by atoms with Gasteiger partial charge in [-0.05, 0) is 37.5 Å². The fourth-order valence-corrected chi connectivity index (χ4v) is 3.04. The third kappa shape index (κ3) is 6.82. The van der Waals surface area contributed by atoms with Gasteiger partial charge < -0.3 is 5.32 Å². The van der Waals surface area contributed by atoms with Crippen molar-refractivity contribution in [2.24, 2.45) is 0 Å². The maximum Gasteiger partial charge on any atom is 0.251 e. The molecule has 0 heterocycles. The van der Waals surface area contributed by atoms with Crippen LogP contribution in [0.5, 0.6) is 0 Å². The Kier molecular flexibility index (Phi) is 7.53. The van der Waals surface area contributed by atoms with E-state index in [0.29, 0.717) is 36.5 Å². The normalized spacial score (nSPS) is 11.1. The highest BCUT2D eigenvalue weighted by Crippen LogP contribution is 2.13. The van der Waals surface area contributed by atoms with Gasteiger partial charge in [-0.25, -0.2) is 8.42 Å². The number of sulfonamides is 1. The van der Waals surface area contributed by atoms with Crippen LogP contribution in [0.3, 0.4) is 0 Å². The molecule has 1 aromatic carbocycles. The highest BCUT2D eigenvalue weighted by Gasteiger charge is 2.11. The highest BCUT2D eigenvalue weighted by atomic mass is 35.5. The van der Waals surface area contributed by atoms with E-state index in [1.807, 2.05) is 6.92 Å². The van der Waals surface area contributed by atoms with E-state index in [2.05, 4.69) is 10.0 Å². The molecule has 118 valence electrons. The lowest BCUT2D eigenvalue weighted by atomic mass is 10.2. The van der Waals surface area contributed by atoms with Crippen molar-refractivity contribution in [1.82, 2.24) is 5.32 Å². The maximum absolute atomic E-state index is 11.9. The van der Waals surface area contributed by atoms with Gasteiger partial charge in [-0.3, -0.25) is 9.52 Å². The predicted octanol–water partition coefficient (Wildman–Crippen LogP) is 2.59. The van der Waals surface area contributed by atoms with Crippen LogP contribution in [0.1, 0.15) is 36.5 Å². The average molecular weight is 333 g/mol. The van der Waals surface area contributed by atoms with Gasteiger partial charge in [0.2, 0.25) is 10.0 Å². The molecule has 0 saturated heterocycles. The number of carbonyl (C=O) groups is 1. The minimum absolute atomic E-state index is 0.0198. The van der Waals surface area contributed by atoms with E-state index in [9.17, 15) is 13.2 Å². The summed E-state index contributed by atoms with van der Waals surface area (Å²) in [4.78, 5) is 11.8. The van der Waals surface area contributed by atoms with Gasteiger partial charge in [-0.15, -0.1) is 11.6 Å². The van der Waals surface area contributed by atoms with Crippen LogP contribution < -0.4 is 10.0 Å². The Bertz CT molecular complexity index is 561. The number of hydrogen-bond donors (Lipinski definition) is 2. The third-order valence-electron chi connectivity index (χ3n) is 2.73. The van der Waals surface area contributed by atoms with Crippen molar-refractivity contribution in [3.05, 3.63) is 29.8 Å². The van der Waals surface area contributed by atoms with Crippen molar-refractivity contribution in [2.75, 3.05) is 22.9 Å². The molecule has 0 spiro atoms. The largest absolute Gasteiger partial charge is 0.352 e. The molecule has 1 rings (SSSR count). The maximum atomic E-state index is 11.9. The minimum Gasteiger partial charge on any atom is -0.352 e. The monoisotopic (exact) mass is 332 g/mol. The zero-order valence-corrected chi connectivity index (χ0v) is 13.6. The molecule has 7 heteroatoms. The second kappa shape index (κ2) is 8.89. The predicted molar refractivity (Wildman–Crippen MR) is 86.4 cm³/mol. The van der Waals surface area contributed by atoms with Gasteiger partial charge in [0, 0.05) is 23.7 Å². The molecule has 0 aliphatic rings. The number of benzene rings is 1. The van der Waals surface area contributed by atoms with Crippen molar-refractivity contribution in [1.29, 1.82) is 0 Å². The lowest BCUT2D eigenvalue weighted by Crippen LogP contribution is -2.24. The van der Waals surface area contributed by atoms with E-state index in [0.717, 1.165) is 6.42 Å². The zero-order chi connectivity index (χ0) is 15.7. The first-order valence-corrected chi connectivity index (χ1v) is 9.12. The number of halogens is 1. The van der Waals surface area contributed by atoms with Crippen molar-refractivity contribution in [2.45, 2.75) is 26.2 Å². The first kappa shape index (κ1) is 17.8. The second-order valence-corrected chi connectivity index (χ2v) is 6.87. The van der Waals surface area contributed by atoms with E-state index < -0.39 is 10.0 Å². The molecular formula is C14H21ClN2O3S. The van der Waals surface area contributed by atoms with E-state index >= 15 is 0 Å². The summed E-state index contributed by atoms with van der Waals surface area (Å²) in [5.41, 5.74) is 0.828. The lowest BCUT2D eigenvalue weighted by Gasteiger charge is -2.09. The van der Waals surface area contributed by atoms with Crippen molar-refractivity contribution in [3.63, 3.8) is 0 Å². The van der Waals surface area contributed by atoms with Crippen LogP contribution >= 0.6 is 11.6 Å². The van der Waals surface area contributed by atoms with Crippen LogP contribution in [-0.2, 0) is 10.0 Å². The SMILES string of the molecule is CCCNC(=O)c1cccc(NS(=O)(=O)CCCCCl)c1. The molecule has 1 amide bonds. The zero-order valence-electron chi connectivity index (χ0n) is 12.1. The van der Waals surface area contributed by atoms with Gasteiger partial charge in [-0.2, -0.15) is 0 Å². The Morgan fingerprint density at radius 1 is 1.29 bits per heavy atom. The van der Waals surface area contributed by atoms with Crippen LogP contribution in [0.15, 0.2) is 24.3 Å². The van der Waals surface area contributed by atoms with Crippen molar-refractivity contribution >= 4 is 33.2 Å². The first-order valence-electron chi connectivity index (χ1n) is 6.93. The molecule has 5 nitrogen and oxygen atoms in total. The van der Waals surface area contributed by atoms with Crippen LogP contribution in [-0.4, -0.2) is 32.5 Å². The van der Waals surface area contributed by atoms with Crippen LogP contribution in [0.4, 0.5) is 5.69 Å². The third-order valence-corrected chi connectivity index (χ3v) is 4.37. The molecule has 0 aliphatic carbocycles. The molecular weight excluding hydrogens is 312 g/mol. The second-order valence-electron chi connectivity index (χ2n) is 4.65. The Morgan fingerprint density at radius 3 is 2.71 bits per heavy atom. The topological polar surface area (TPSA) is 75.3 Å². The fourth-order valence-electron chi connectivity index (χ4n) is 1.68. The van der Waals surface area contributed by atoms with Gasteiger partial charge in [0.1, 0.15) is 0 Å². The van der Waals surface area contributed by atoms with Crippen LogP contribution in [0.2, 0.25) is 0 Å². The molecule has 0 fully saturated rings. The first-order chi connectivity index (χ1) is 9.98. The van der Waals surface area contributed by atoms with Gasteiger partial charge in [-0.1, -0.05) is 13.0 Å². The molecule has 1 aromatic rings. The molecule has 0 aromatic heterocycles. The summed E-state index contributed by atoms with van der Waals surface area (Å²) in [6.45, 7) is 2.55. The number of unbranched alkanes of at least 4 members (excludes halogenated alkanes) is 1. The highest BCUT2D eigenvalue weighted by molar-refractivity contribution is 7.92. The molecule has 0 unspecified atom stereocenters. The Morgan fingerprint density at radius 2 is 2.05 bits per heavy atom. The standard InChI is InChI=1S/C14H21ClN2O3S/c1-2-9-16-14(18)12-6-5-7-13(11-12)17-21(19,20)10-4-3-8-15/h5-7,11,17H,2-4,8-10H2,1H3,(H,16,18). The van der Waals surface area contributed by atoms with Gasteiger partial charge in [0.05, 0.1) is 5.75 Å². The summed E-state index contributed by atoms with van der Waals surface area (Å²) in [5, 5.41) is 2.75. The minimum atomic E-state index is -3.41.